The van der Waals surface area contributed by atoms with Crippen LogP contribution in [0.1, 0.15) is 77.9 Å². The van der Waals surface area contributed by atoms with Crippen molar-refractivity contribution >= 4 is 0 Å². The average Bonchev–Trinajstić information content (AvgIpc) is 0.847. The molecule has 21 fully saturated rings. The van der Waals surface area contributed by atoms with Gasteiger partial charge < -0.3 is 175 Å². The molecule has 0 spiro atoms. The van der Waals surface area contributed by atoms with Crippen molar-refractivity contribution in [1.82, 2.24) is 37.2 Å². The Labute approximate surface area is 774 Å². The molecular weight excluding hydrogens is 1720 g/mol. The zero-order chi connectivity index (χ0) is 93.8. The van der Waals surface area contributed by atoms with E-state index in [1.54, 1.807) is 0 Å². The Kier molecular flexibility index (Phi) is 35.3. The van der Waals surface area contributed by atoms with Gasteiger partial charge in [-0.15, -0.1) is 0 Å². The van der Waals surface area contributed by atoms with Gasteiger partial charge in [0.25, 0.3) is 0 Å². The summed E-state index contributed by atoms with van der Waals surface area (Å²) in [6.45, 7) is 13.9. The van der Waals surface area contributed by atoms with E-state index in [9.17, 15) is 71.5 Å². The number of benzene rings is 7. The van der Waals surface area contributed by atoms with Gasteiger partial charge in [0, 0.05) is 91.6 Å². The van der Waals surface area contributed by atoms with Crippen LogP contribution in [0.4, 0.5) is 0 Å². The first-order valence-electron chi connectivity index (χ1n) is 46.1. The highest BCUT2D eigenvalue weighted by atomic mass is 16.8. The number of aliphatic hydroxyl groups is 14. The molecule has 0 amide bonds. The molecule has 14 bridgehead atoms. The van der Waals surface area contributed by atoms with Crippen molar-refractivity contribution in [3.05, 3.63) is 248 Å². The fourth-order valence-corrected chi connectivity index (χ4v) is 18.0. The van der Waals surface area contributed by atoms with Crippen LogP contribution in [0.25, 0.3) is 0 Å². The van der Waals surface area contributed by atoms with Crippen LogP contribution >= 0.6 is 0 Å². The summed E-state index contributed by atoms with van der Waals surface area (Å²) >= 11 is 0. The highest BCUT2D eigenvalue weighted by Crippen LogP contribution is 2.40. The fraction of sp³-hybridized carbons (Fsp3) is 0.571. The van der Waals surface area contributed by atoms with E-state index in [4.69, 9.17) is 66.3 Å². The van der Waals surface area contributed by atoms with Crippen LogP contribution in [0.2, 0.25) is 0 Å². The third-order valence-corrected chi connectivity index (χ3v) is 26.1. The van der Waals surface area contributed by atoms with E-state index in [-0.39, 0.29) is 91.6 Å². The SMILES string of the molecule is Cc1ccc(CNC[C@H]2O[C@@H]3O[C@H]4[C@H](O)[C@@H](O)[C@@H](O[C@H]5[C@H](O)[C@@H](O)[C@@H](O[C@H]6[C@H](O)[C@@H](O)[C@@H](O[C@H]7[C@H](O)[C@@H](O)[C@@H](O[C@H]8[C@H](O)[C@@H](O)[C@@H](O[C@H]9[C@H](O)[C@@H](O)C(O[C@H]2[C@H](O)[C@H]3O)O[C@@H]9CNCc2ccc(C)cc2)O[C@@H]8CNCc2ccc(C)cc2)O[C@@H]7CNCc2ccc(C)cc2)O[C@@H]6CNCc2ccc(C)cc2)O[C@@H]5CNCc2ccc(C)cc2)O[C@@H]4CNCc2ccc(C)cc2)cc1. The predicted octanol–water partition coefficient (Wildman–Crippen LogP) is -0.489. The maximum atomic E-state index is 12.8. The first kappa shape index (κ1) is 101. The number of hydrogen-bond donors (Lipinski definition) is 21. The summed E-state index contributed by atoms with van der Waals surface area (Å²) in [7, 11) is 0. The summed E-state index contributed by atoms with van der Waals surface area (Å²) in [4.78, 5) is 0. The quantitative estimate of drug-likeness (QED) is 0.0294. The van der Waals surface area contributed by atoms with E-state index in [1.807, 2.05) is 218 Å². The molecular formula is C98H133N7O28. The zero-order valence-electron chi connectivity index (χ0n) is 75.7. The minimum absolute atomic E-state index is 0.183. The molecule has 7 aromatic rings. The molecule has 21 saturated heterocycles. The van der Waals surface area contributed by atoms with Gasteiger partial charge in [0.1, 0.15) is 171 Å². The molecule has 728 valence electrons. The van der Waals surface area contributed by atoms with Crippen LogP contribution < -0.4 is 37.2 Å². The average molecular weight is 1860 g/mol. The summed E-state index contributed by atoms with van der Waals surface area (Å²) in [5.41, 5.74) is 12.9. The second-order valence-corrected chi connectivity index (χ2v) is 36.7. The molecule has 28 rings (SSSR count). The standard InChI is InChI=1S/C98H133N7O28/c1-50-8-22-57(23-9-50)36-99-43-64-85-71(106)78(113)92(120-64)128-86-65(44-100-37-58-24-10-51(2)11-25-58)122-94(80(115)73(86)108)130-88-67(46-102-39-60-28-14-53(4)15-29-60)124-96(82(117)75(88)110)132-90-69(48-104-41-62-32-18-55(6)19-33-62)126-98(84(119)77(90)112)133-91-70(49-105-42-63-34-20-56(7)21-35-63)125-97(83(118)76(91)111)131-89-68(47-103-40-61-30-16-54(5)17-31-61)123-95(81(116)74(89)109)129-87-66(121-93(127-85)79(114)72(87)107)45-101-38-59-26-12-52(3)13-27-59/h8-35,64-119H,36-49H2,1-7H3/t64-,65-,66-,67-,68-,69-,70-,71-,72-,73-,74-,75-,76-,77-,78-,79-,80-,81-,82-,83-,84-,85-,86-,87-,88-,89-,90-,91-,92-,93-,94-,95-,96-,97-,98?/m1/s1. The molecule has 1 unspecified atom stereocenters. The van der Waals surface area contributed by atoms with E-state index in [0.717, 1.165) is 77.9 Å². The van der Waals surface area contributed by atoms with Crippen LogP contribution in [0, 0.1) is 48.5 Å². The molecule has 35 heteroatoms. The fourth-order valence-electron chi connectivity index (χ4n) is 18.0. The highest BCUT2D eigenvalue weighted by molar-refractivity contribution is 5.27. The predicted molar refractivity (Wildman–Crippen MR) is 479 cm³/mol. The lowest BCUT2D eigenvalue weighted by Gasteiger charge is -2.50. The van der Waals surface area contributed by atoms with Crippen LogP contribution in [-0.2, 0) is 112 Å². The molecule has 0 radical (unpaired) electrons. The molecule has 35 nitrogen and oxygen atoms in total. The molecule has 21 aliphatic heterocycles. The Morgan fingerprint density at radius 1 is 0.158 bits per heavy atom. The second kappa shape index (κ2) is 46.7. The third kappa shape index (κ3) is 25.4. The Bertz CT molecular complexity index is 3870. The Morgan fingerprint density at radius 3 is 0.368 bits per heavy atom. The number of ether oxygens (including phenoxy) is 14. The van der Waals surface area contributed by atoms with Crippen LogP contribution in [0.15, 0.2) is 170 Å². The Balaban J connectivity index is 0.798. The van der Waals surface area contributed by atoms with Crippen molar-refractivity contribution in [3.8, 4) is 0 Å². The van der Waals surface area contributed by atoms with Gasteiger partial charge in [0.2, 0.25) is 0 Å². The molecule has 21 aliphatic rings. The first-order valence-corrected chi connectivity index (χ1v) is 46.1. The lowest BCUT2D eigenvalue weighted by atomic mass is 9.94. The minimum atomic E-state index is -2.09. The van der Waals surface area contributed by atoms with Gasteiger partial charge in [0.05, 0.1) is 0 Å². The van der Waals surface area contributed by atoms with Gasteiger partial charge in [-0.2, -0.15) is 0 Å². The van der Waals surface area contributed by atoms with E-state index < -0.39 is 215 Å². The van der Waals surface area contributed by atoms with E-state index in [2.05, 4.69) is 37.2 Å². The van der Waals surface area contributed by atoms with Crippen molar-refractivity contribution in [3.63, 3.8) is 0 Å². The van der Waals surface area contributed by atoms with Crippen molar-refractivity contribution in [1.29, 1.82) is 0 Å². The molecule has 0 aromatic heterocycles. The molecule has 0 aliphatic carbocycles. The number of hydrogen-bond acceptors (Lipinski definition) is 35. The number of aryl methyl sites for hydroxylation is 7. The van der Waals surface area contributed by atoms with Crippen LogP contribution in [0.5, 0.6) is 0 Å². The topological polar surface area (TPSA) is 497 Å². The normalized spacial score (nSPS) is 36.9. The van der Waals surface area contributed by atoms with E-state index >= 15 is 0 Å². The minimum Gasteiger partial charge on any atom is -0.387 e. The van der Waals surface area contributed by atoms with Gasteiger partial charge in [-0.1, -0.05) is 209 Å². The van der Waals surface area contributed by atoms with Crippen molar-refractivity contribution in [2.75, 3.05) is 45.8 Å². The Hall–Kier alpha value is -6.86. The summed E-state index contributed by atoms with van der Waals surface area (Å²) in [6, 6.07) is 53.7. The van der Waals surface area contributed by atoms with Crippen molar-refractivity contribution in [2.45, 2.75) is 309 Å². The molecule has 133 heavy (non-hydrogen) atoms. The largest absolute Gasteiger partial charge is 0.387 e. The highest BCUT2D eigenvalue weighted by Gasteiger charge is 2.60. The monoisotopic (exact) mass is 1860 g/mol. The molecule has 21 heterocycles. The number of rotatable bonds is 28. The zero-order valence-corrected chi connectivity index (χ0v) is 75.7. The van der Waals surface area contributed by atoms with Crippen molar-refractivity contribution in [2.24, 2.45) is 0 Å². The van der Waals surface area contributed by atoms with E-state index in [1.165, 1.54) is 0 Å². The molecule has 0 saturated carbocycles. The first-order chi connectivity index (χ1) is 64.0. The lowest BCUT2D eigenvalue weighted by molar-refractivity contribution is -0.392. The summed E-state index contributed by atoms with van der Waals surface area (Å²) in [5, 5.41) is 201. The third-order valence-electron chi connectivity index (χ3n) is 26.1. The maximum absolute atomic E-state index is 12.8. The number of aliphatic hydroxyl groups excluding tert-OH is 14. The lowest BCUT2D eigenvalue weighted by Crippen LogP contribution is -2.69. The smallest absolute Gasteiger partial charge is 0.187 e. The maximum Gasteiger partial charge on any atom is 0.187 e. The van der Waals surface area contributed by atoms with Crippen LogP contribution in [0.3, 0.4) is 0 Å². The Morgan fingerprint density at radius 2 is 0.263 bits per heavy atom. The molecule has 21 N–H and O–H groups in total. The van der Waals surface area contributed by atoms with Gasteiger partial charge in [-0.05, 0) is 87.4 Å². The van der Waals surface area contributed by atoms with Crippen molar-refractivity contribution < 1.29 is 138 Å². The van der Waals surface area contributed by atoms with Gasteiger partial charge in [-0.3, -0.25) is 0 Å². The van der Waals surface area contributed by atoms with Crippen LogP contribution in [-0.4, -0.2) is 332 Å². The second-order valence-electron chi connectivity index (χ2n) is 36.7. The summed E-state index contributed by atoms with van der Waals surface area (Å²) < 4.78 is 93.5. The van der Waals surface area contributed by atoms with Gasteiger partial charge >= 0.3 is 0 Å². The summed E-state index contributed by atoms with van der Waals surface area (Å²) in [5.74, 6) is 0. The number of nitrogens with one attached hydrogen (secondary N) is 7. The van der Waals surface area contributed by atoms with Gasteiger partial charge in [-0.25, -0.2) is 0 Å². The molecule has 35 atom stereocenters. The summed E-state index contributed by atoms with van der Waals surface area (Å²) in [6.07, 6.45) is -63.3. The van der Waals surface area contributed by atoms with E-state index in [0.29, 0.717) is 0 Å². The molecule has 7 aromatic carbocycles. The van der Waals surface area contributed by atoms with Gasteiger partial charge in [0.15, 0.2) is 44.0 Å².